The first-order chi connectivity index (χ1) is 7.55. The molecule has 16 heavy (non-hydrogen) atoms. The van der Waals surface area contributed by atoms with Gasteiger partial charge in [-0.25, -0.2) is 0 Å². The third-order valence-corrected chi connectivity index (χ3v) is 3.34. The second-order valence-corrected chi connectivity index (χ2v) is 5.30. The van der Waals surface area contributed by atoms with E-state index in [4.69, 9.17) is 0 Å². The van der Waals surface area contributed by atoms with Crippen LogP contribution in [0.2, 0.25) is 0 Å². The van der Waals surface area contributed by atoms with Gasteiger partial charge in [0.2, 0.25) is 0 Å². The van der Waals surface area contributed by atoms with Crippen molar-refractivity contribution in [3.05, 3.63) is 34.3 Å². The molecule has 0 heterocycles. The van der Waals surface area contributed by atoms with Crippen molar-refractivity contribution in [3.63, 3.8) is 0 Å². The lowest BCUT2D eigenvalue weighted by Gasteiger charge is -2.23. The van der Waals surface area contributed by atoms with Crippen LogP contribution in [0.4, 0.5) is 0 Å². The monoisotopic (exact) mass is 285 g/mol. The fraction of sp³-hybridized carbons (Fsp3) is 0.538. The molecule has 0 fully saturated rings. The third kappa shape index (κ3) is 4.64. The first kappa shape index (κ1) is 13.7. The molecule has 1 unspecified atom stereocenters. The Morgan fingerprint density at radius 1 is 1.38 bits per heavy atom. The second-order valence-electron chi connectivity index (χ2n) is 4.44. The van der Waals surface area contributed by atoms with E-state index in [-0.39, 0.29) is 0 Å². The molecular formula is C13H20BrNO. The molecule has 0 amide bonds. The van der Waals surface area contributed by atoms with Crippen LogP contribution in [-0.4, -0.2) is 17.3 Å². The summed E-state index contributed by atoms with van der Waals surface area (Å²) in [7, 11) is 0. The minimum Gasteiger partial charge on any atom is -0.389 e. The predicted molar refractivity (Wildman–Crippen MR) is 71.4 cm³/mol. The van der Waals surface area contributed by atoms with Gasteiger partial charge in [-0.2, -0.15) is 0 Å². The van der Waals surface area contributed by atoms with Crippen LogP contribution >= 0.6 is 15.9 Å². The van der Waals surface area contributed by atoms with Gasteiger partial charge in [0.15, 0.2) is 0 Å². The number of hydrogen-bond acceptors (Lipinski definition) is 2. The van der Waals surface area contributed by atoms with E-state index in [2.05, 4.69) is 34.2 Å². The Morgan fingerprint density at radius 2 is 2.06 bits per heavy atom. The quantitative estimate of drug-likeness (QED) is 0.842. The van der Waals surface area contributed by atoms with Crippen molar-refractivity contribution < 1.29 is 5.11 Å². The average molecular weight is 286 g/mol. The molecule has 2 N–H and O–H groups in total. The molecule has 0 spiro atoms. The van der Waals surface area contributed by atoms with Crippen LogP contribution in [0.1, 0.15) is 32.3 Å². The van der Waals surface area contributed by atoms with Gasteiger partial charge in [-0.05, 0) is 25.0 Å². The molecule has 0 saturated heterocycles. The van der Waals surface area contributed by atoms with Crippen LogP contribution in [0.3, 0.4) is 0 Å². The molecule has 1 atom stereocenters. The Kier molecular flexibility index (Phi) is 5.46. The SMILES string of the molecule is CCCC(C)(O)CNCc1ccccc1Br. The number of halogens is 1. The highest BCUT2D eigenvalue weighted by atomic mass is 79.9. The molecule has 0 aromatic heterocycles. The first-order valence-corrected chi connectivity index (χ1v) is 6.51. The smallest absolute Gasteiger partial charge is 0.0743 e. The lowest BCUT2D eigenvalue weighted by Crippen LogP contribution is -2.37. The van der Waals surface area contributed by atoms with E-state index >= 15 is 0 Å². The molecule has 0 bridgehead atoms. The molecule has 1 aromatic carbocycles. The number of benzene rings is 1. The molecule has 1 rings (SSSR count). The summed E-state index contributed by atoms with van der Waals surface area (Å²) < 4.78 is 1.11. The van der Waals surface area contributed by atoms with Crippen molar-refractivity contribution in [3.8, 4) is 0 Å². The van der Waals surface area contributed by atoms with E-state index in [1.54, 1.807) is 0 Å². The van der Waals surface area contributed by atoms with E-state index < -0.39 is 5.60 Å². The molecule has 3 heteroatoms. The van der Waals surface area contributed by atoms with Crippen molar-refractivity contribution in [1.82, 2.24) is 5.32 Å². The summed E-state index contributed by atoms with van der Waals surface area (Å²) in [4.78, 5) is 0. The van der Waals surface area contributed by atoms with Crippen molar-refractivity contribution in [1.29, 1.82) is 0 Å². The van der Waals surface area contributed by atoms with Crippen LogP contribution in [0.15, 0.2) is 28.7 Å². The predicted octanol–water partition coefficient (Wildman–Crippen LogP) is 3.09. The van der Waals surface area contributed by atoms with Crippen LogP contribution in [0.25, 0.3) is 0 Å². The minimum absolute atomic E-state index is 0.601. The van der Waals surface area contributed by atoms with Crippen molar-refractivity contribution in [2.24, 2.45) is 0 Å². The summed E-state index contributed by atoms with van der Waals surface area (Å²) in [6.45, 7) is 5.37. The number of aliphatic hydroxyl groups is 1. The summed E-state index contributed by atoms with van der Waals surface area (Å²) in [5, 5.41) is 13.3. The van der Waals surface area contributed by atoms with E-state index in [1.807, 2.05) is 25.1 Å². The molecule has 0 radical (unpaired) electrons. The van der Waals surface area contributed by atoms with Crippen molar-refractivity contribution in [2.75, 3.05) is 6.54 Å². The first-order valence-electron chi connectivity index (χ1n) is 5.71. The normalized spacial score (nSPS) is 14.8. The van der Waals surface area contributed by atoms with Gasteiger partial charge in [0.1, 0.15) is 0 Å². The molecule has 0 aliphatic rings. The Labute approximate surface area is 106 Å². The molecule has 90 valence electrons. The largest absolute Gasteiger partial charge is 0.389 e. The van der Waals surface area contributed by atoms with Gasteiger partial charge in [-0.1, -0.05) is 47.5 Å². The average Bonchev–Trinajstić information content (AvgIpc) is 2.20. The van der Waals surface area contributed by atoms with E-state index in [0.717, 1.165) is 23.9 Å². The number of hydrogen-bond donors (Lipinski definition) is 2. The van der Waals surface area contributed by atoms with Gasteiger partial charge in [0, 0.05) is 17.6 Å². The van der Waals surface area contributed by atoms with Gasteiger partial charge >= 0.3 is 0 Å². The van der Waals surface area contributed by atoms with Gasteiger partial charge in [0.25, 0.3) is 0 Å². The Hall–Kier alpha value is -0.380. The molecule has 2 nitrogen and oxygen atoms in total. The highest BCUT2D eigenvalue weighted by Gasteiger charge is 2.17. The summed E-state index contributed by atoms with van der Waals surface area (Å²) >= 11 is 3.51. The summed E-state index contributed by atoms with van der Waals surface area (Å²) in [6, 6.07) is 8.12. The van der Waals surface area contributed by atoms with Crippen LogP contribution in [0, 0.1) is 0 Å². The Balaban J connectivity index is 2.39. The van der Waals surface area contributed by atoms with Gasteiger partial charge in [0.05, 0.1) is 5.60 Å². The maximum atomic E-state index is 9.99. The third-order valence-electron chi connectivity index (χ3n) is 2.57. The topological polar surface area (TPSA) is 32.3 Å². The highest BCUT2D eigenvalue weighted by molar-refractivity contribution is 9.10. The molecule has 0 aliphatic carbocycles. The van der Waals surface area contributed by atoms with E-state index in [1.165, 1.54) is 5.56 Å². The lowest BCUT2D eigenvalue weighted by atomic mass is 10.0. The zero-order valence-corrected chi connectivity index (χ0v) is 11.5. The van der Waals surface area contributed by atoms with Gasteiger partial charge < -0.3 is 10.4 Å². The highest BCUT2D eigenvalue weighted by Crippen LogP contribution is 2.16. The van der Waals surface area contributed by atoms with Crippen LogP contribution in [0.5, 0.6) is 0 Å². The standard InChI is InChI=1S/C13H20BrNO/c1-3-8-13(2,16)10-15-9-11-6-4-5-7-12(11)14/h4-7,15-16H,3,8-10H2,1-2H3. The zero-order valence-electron chi connectivity index (χ0n) is 9.96. The van der Waals surface area contributed by atoms with E-state index in [9.17, 15) is 5.11 Å². The molecule has 1 aromatic rings. The maximum Gasteiger partial charge on any atom is 0.0743 e. The summed E-state index contributed by atoms with van der Waals surface area (Å²) in [5.74, 6) is 0. The Morgan fingerprint density at radius 3 is 2.69 bits per heavy atom. The fourth-order valence-corrected chi connectivity index (χ4v) is 2.16. The Bertz CT molecular complexity index is 325. The number of rotatable bonds is 6. The molecular weight excluding hydrogens is 266 g/mol. The van der Waals surface area contributed by atoms with Gasteiger partial charge in [-0.15, -0.1) is 0 Å². The zero-order chi connectivity index (χ0) is 12.0. The minimum atomic E-state index is -0.601. The molecule has 0 aliphatic heterocycles. The fourth-order valence-electron chi connectivity index (χ4n) is 1.74. The maximum absolute atomic E-state index is 9.99. The van der Waals surface area contributed by atoms with Crippen LogP contribution < -0.4 is 5.32 Å². The summed E-state index contributed by atoms with van der Waals surface area (Å²) in [5.41, 5.74) is 0.616. The van der Waals surface area contributed by atoms with Crippen LogP contribution in [-0.2, 0) is 6.54 Å². The summed E-state index contributed by atoms with van der Waals surface area (Å²) in [6.07, 6.45) is 1.83. The van der Waals surface area contributed by atoms with Crippen molar-refractivity contribution >= 4 is 15.9 Å². The lowest BCUT2D eigenvalue weighted by molar-refractivity contribution is 0.0498. The van der Waals surface area contributed by atoms with E-state index in [0.29, 0.717) is 6.54 Å². The second kappa shape index (κ2) is 6.38. The van der Waals surface area contributed by atoms with Crippen molar-refractivity contribution in [2.45, 2.75) is 38.8 Å². The molecule has 0 saturated carbocycles. The number of nitrogens with one attached hydrogen (secondary N) is 1. The van der Waals surface area contributed by atoms with Gasteiger partial charge in [-0.3, -0.25) is 0 Å².